The minimum Gasteiger partial charge on any atom is -0.480 e. The van der Waals surface area contributed by atoms with Gasteiger partial charge in [-0.05, 0) is 110 Å². The van der Waals surface area contributed by atoms with Crippen LogP contribution in [0.3, 0.4) is 0 Å². The number of carbonyl (C=O) groups excluding carboxylic acids is 8. The fourth-order valence-corrected chi connectivity index (χ4v) is 6.59. The molecule has 7 N–H and O–H groups in total. The van der Waals surface area contributed by atoms with E-state index in [2.05, 4.69) is 31.9 Å². The van der Waals surface area contributed by atoms with Crippen molar-refractivity contribution in [1.29, 1.82) is 0 Å². The third kappa shape index (κ3) is 23.3. The highest BCUT2D eigenvalue weighted by molar-refractivity contribution is 5.97. The normalized spacial score (nSPS) is 14.8. The Balaban J connectivity index is 3.76. The van der Waals surface area contributed by atoms with Crippen molar-refractivity contribution in [3.05, 3.63) is 35.4 Å². The van der Waals surface area contributed by atoms with Crippen LogP contribution in [0.4, 0.5) is 4.79 Å². The molecule has 1 aromatic rings. The maximum atomic E-state index is 14.6. The highest BCUT2D eigenvalue weighted by Gasteiger charge is 2.39. The van der Waals surface area contributed by atoms with Gasteiger partial charge >= 0.3 is 24.0 Å². The lowest BCUT2D eigenvalue weighted by atomic mass is 9.85. The molecule has 0 saturated heterocycles. The van der Waals surface area contributed by atoms with E-state index in [9.17, 15) is 48.3 Å². The Morgan fingerprint density at radius 3 is 1.53 bits per heavy atom. The minimum atomic E-state index is -1.63. The number of amides is 6. The third-order valence-electron chi connectivity index (χ3n) is 9.79. The second kappa shape index (κ2) is 25.6. The molecule has 0 bridgehead atoms. The SMILES string of the molecule is Cc1ccccc1C[C@H](NC(=O)[C@H](CCC(=O)OC(C)(C)C)NC(=O)[C@H](CC(=O)OC(C)(C)C)NC(=O)OC(C)(C)C)C(=O)N[C@H](C(=O)N[C@H](C(=O)N[C@@H](CC(C)C)C(=O)O)C(C)C)C(C)(C)C. The Morgan fingerprint density at radius 2 is 1.04 bits per heavy atom. The predicted octanol–water partition coefficient (Wildman–Crippen LogP) is 4.54. The number of nitrogens with one attached hydrogen (secondary N) is 6. The topological polar surface area (TPSA) is 274 Å². The summed E-state index contributed by atoms with van der Waals surface area (Å²) in [7, 11) is 0. The van der Waals surface area contributed by atoms with E-state index >= 15 is 0 Å². The summed E-state index contributed by atoms with van der Waals surface area (Å²) in [6.45, 7) is 28.4. The highest BCUT2D eigenvalue weighted by atomic mass is 16.6. The summed E-state index contributed by atoms with van der Waals surface area (Å²) in [4.78, 5) is 122. The zero-order chi connectivity index (χ0) is 52.7. The van der Waals surface area contributed by atoms with Crippen LogP contribution in [0.25, 0.3) is 0 Å². The molecule has 1 aromatic carbocycles. The Bertz CT molecular complexity index is 1910. The first kappa shape index (κ1) is 60.3. The van der Waals surface area contributed by atoms with E-state index in [0.717, 1.165) is 5.56 Å². The molecule has 19 heteroatoms. The van der Waals surface area contributed by atoms with Gasteiger partial charge in [0.25, 0.3) is 0 Å². The molecule has 6 atom stereocenters. The quantitative estimate of drug-likeness (QED) is 0.0622. The second-order valence-electron chi connectivity index (χ2n) is 21.9. The number of hydrogen-bond acceptors (Lipinski definition) is 12. The van der Waals surface area contributed by atoms with Gasteiger partial charge < -0.3 is 51.2 Å². The minimum absolute atomic E-state index is 0.0594. The van der Waals surface area contributed by atoms with E-state index in [1.54, 1.807) is 128 Å². The van der Waals surface area contributed by atoms with E-state index in [1.807, 2.05) is 13.8 Å². The number of rotatable bonds is 22. The van der Waals surface area contributed by atoms with Crippen LogP contribution in [-0.2, 0) is 59.0 Å². The summed E-state index contributed by atoms with van der Waals surface area (Å²) in [5.74, 6) is -7.61. The average Bonchev–Trinajstić information content (AvgIpc) is 3.14. The van der Waals surface area contributed by atoms with Gasteiger partial charge in [0.2, 0.25) is 29.5 Å². The zero-order valence-corrected chi connectivity index (χ0v) is 43.3. The molecule has 0 heterocycles. The van der Waals surface area contributed by atoms with Gasteiger partial charge in [-0.15, -0.1) is 0 Å². The molecule has 0 fully saturated rings. The van der Waals surface area contributed by atoms with Crippen molar-refractivity contribution < 1.29 is 62.5 Å². The van der Waals surface area contributed by atoms with Crippen LogP contribution < -0.4 is 31.9 Å². The van der Waals surface area contributed by atoms with Gasteiger partial charge in [-0.25, -0.2) is 9.59 Å². The summed E-state index contributed by atoms with van der Waals surface area (Å²) in [5.41, 5.74) is -2.43. The number of benzene rings is 1. The van der Waals surface area contributed by atoms with E-state index in [4.69, 9.17) is 14.2 Å². The van der Waals surface area contributed by atoms with Crippen molar-refractivity contribution in [1.82, 2.24) is 31.9 Å². The van der Waals surface area contributed by atoms with Crippen molar-refractivity contribution in [3.63, 3.8) is 0 Å². The number of carboxylic acids is 1. The molecule has 0 radical (unpaired) electrons. The lowest BCUT2D eigenvalue weighted by Gasteiger charge is -2.34. The Labute approximate surface area is 402 Å². The Kier molecular flexibility index (Phi) is 22.7. The largest absolute Gasteiger partial charge is 0.480 e. The van der Waals surface area contributed by atoms with Crippen LogP contribution >= 0.6 is 0 Å². The number of alkyl carbamates (subject to hydrolysis) is 1. The van der Waals surface area contributed by atoms with Gasteiger partial charge in [0.15, 0.2) is 0 Å². The first-order valence-electron chi connectivity index (χ1n) is 23.1. The number of carbonyl (C=O) groups is 9. The molecule has 0 spiro atoms. The van der Waals surface area contributed by atoms with Gasteiger partial charge in [0.05, 0.1) is 6.42 Å². The molecular weight excluding hydrogens is 881 g/mol. The van der Waals surface area contributed by atoms with Gasteiger partial charge in [0.1, 0.15) is 53.1 Å². The number of ether oxygens (including phenoxy) is 3. The van der Waals surface area contributed by atoms with Crippen molar-refractivity contribution in [2.24, 2.45) is 17.3 Å². The Morgan fingerprint density at radius 1 is 0.559 bits per heavy atom. The monoisotopic (exact) mass is 961 g/mol. The van der Waals surface area contributed by atoms with Gasteiger partial charge in [-0.2, -0.15) is 0 Å². The number of carboxylic acid groups (broad SMARTS) is 1. The van der Waals surface area contributed by atoms with Crippen molar-refractivity contribution >= 4 is 53.5 Å². The van der Waals surface area contributed by atoms with Crippen LogP contribution in [0.15, 0.2) is 24.3 Å². The third-order valence-corrected chi connectivity index (χ3v) is 9.79. The first-order chi connectivity index (χ1) is 30.9. The average molecular weight is 961 g/mol. The molecule has 0 aromatic heterocycles. The van der Waals surface area contributed by atoms with Crippen molar-refractivity contribution in [2.75, 3.05) is 0 Å². The number of hydrogen-bond donors (Lipinski definition) is 7. The molecule has 0 saturated carbocycles. The number of esters is 2. The number of aryl methyl sites for hydroxylation is 1. The fourth-order valence-electron chi connectivity index (χ4n) is 6.59. The molecule has 384 valence electrons. The van der Waals surface area contributed by atoms with Gasteiger partial charge in [-0.1, -0.05) is 72.7 Å². The molecule has 0 aliphatic carbocycles. The zero-order valence-electron chi connectivity index (χ0n) is 43.3. The molecule has 0 aliphatic heterocycles. The van der Waals surface area contributed by atoms with Crippen molar-refractivity contribution in [3.8, 4) is 0 Å². The molecule has 1 rings (SSSR count). The van der Waals surface area contributed by atoms with Crippen LogP contribution in [0.1, 0.15) is 148 Å². The lowest BCUT2D eigenvalue weighted by molar-refractivity contribution is -0.156. The van der Waals surface area contributed by atoms with E-state index in [-0.39, 0.29) is 31.6 Å². The smallest absolute Gasteiger partial charge is 0.408 e. The second-order valence-corrected chi connectivity index (χ2v) is 21.9. The molecule has 0 unspecified atom stereocenters. The summed E-state index contributed by atoms with van der Waals surface area (Å²) in [5, 5.41) is 25.4. The predicted molar refractivity (Wildman–Crippen MR) is 255 cm³/mol. The van der Waals surface area contributed by atoms with E-state index in [0.29, 0.717) is 5.56 Å². The molecule has 19 nitrogen and oxygen atoms in total. The standard InChI is InChI=1S/C49H80N6O13/c1-27(2)24-34(44(63)64)52-42(61)37(28(3)4)54-43(62)38(46(6,7)8)55-41(60)32(25-30-21-19-18-20-29(30)5)51-39(58)31(22-23-35(56)66-47(9,10)11)50-40(59)33(26-36(57)67-48(12,13)14)53-45(65)68-49(15,16)17/h18-21,27-28,31-34,37-38H,22-26H2,1-17H3,(H,50,59)(H,51,58)(H,52,61)(H,53,65)(H,54,62)(H,55,60)(H,63,64)/t31-,32-,33-,34-,37-,38+/m0/s1. The molecule has 68 heavy (non-hydrogen) atoms. The summed E-state index contributed by atoms with van der Waals surface area (Å²) < 4.78 is 16.2. The summed E-state index contributed by atoms with van der Waals surface area (Å²) >= 11 is 0. The highest BCUT2D eigenvalue weighted by Crippen LogP contribution is 2.22. The van der Waals surface area contributed by atoms with Gasteiger partial charge in [-0.3, -0.25) is 33.6 Å². The maximum absolute atomic E-state index is 14.6. The van der Waals surface area contributed by atoms with Crippen LogP contribution in [0.5, 0.6) is 0 Å². The molecule has 6 amide bonds. The maximum Gasteiger partial charge on any atom is 0.408 e. The van der Waals surface area contributed by atoms with Crippen LogP contribution in [0.2, 0.25) is 0 Å². The summed E-state index contributed by atoms with van der Waals surface area (Å²) in [6.07, 6.45) is -2.42. The fraction of sp³-hybridized carbons (Fsp3) is 0.694. The van der Waals surface area contributed by atoms with Crippen LogP contribution in [-0.4, -0.2) is 112 Å². The molecular formula is C49H80N6O13. The summed E-state index contributed by atoms with van der Waals surface area (Å²) in [6, 6.07) is -1.26. The van der Waals surface area contributed by atoms with E-state index < -0.39 is 124 Å². The van der Waals surface area contributed by atoms with Gasteiger partial charge in [0, 0.05) is 12.8 Å². The lowest BCUT2D eigenvalue weighted by Crippen LogP contribution is -2.62. The van der Waals surface area contributed by atoms with Crippen molar-refractivity contribution in [2.45, 2.75) is 203 Å². The first-order valence-corrected chi connectivity index (χ1v) is 23.1. The number of aliphatic carboxylic acids is 1. The Hall–Kier alpha value is -5.75. The van der Waals surface area contributed by atoms with Crippen LogP contribution in [0, 0.1) is 24.2 Å². The van der Waals surface area contributed by atoms with E-state index in [1.165, 1.54) is 0 Å². The molecule has 0 aliphatic rings.